The van der Waals surface area contributed by atoms with Crippen molar-refractivity contribution >= 4 is 9.84 Å². The van der Waals surface area contributed by atoms with Crippen LogP contribution in [0.3, 0.4) is 0 Å². The maximum Gasteiger partial charge on any atom is 0.151 e. The number of benzene rings is 1. The van der Waals surface area contributed by atoms with Crippen molar-refractivity contribution in [3.8, 4) is 11.8 Å². The van der Waals surface area contributed by atoms with Crippen molar-refractivity contribution in [2.75, 3.05) is 25.2 Å². The molecule has 0 spiro atoms. The first-order valence-corrected chi connectivity index (χ1v) is 8.41. The lowest BCUT2D eigenvalue weighted by Crippen LogP contribution is -2.32. The number of nitrogens with zero attached hydrogens (tertiary/aromatic N) is 1. The largest absolute Gasteiger partial charge is 0.384 e. The summed E-state index contributed by atoms with van der Waals surface area (Å²) in [7, 11) is -0.870. The van der Waals surface area contributed by atoms with Crippen LogP contribution in [0.4, 0.5) is 0 Å². The monoisotopic (exact) mass is 293 g/mol. The van der Waals surface area contributed by atoms with Gasteiger partial charge in [0.1, 0.15) is 6.61 Å². The molecule has 108 valence electrons. The normalized spacial score (nSPS) is 20.6. The van der Waals surface area contributed by atoms with Gasteiger partial charge in [-0.15, -0.1) is 0 Å². The van der Waals surface area contributed by atoms with Crippen molar-refractivity contribution in [3.63, 3.8) is 0 Å². The Morgan fingerprint density at radius 1 is 1.35 bits per heavy atom. The number of hydrogen-bond donors (Lipinski definition) is 1. The molecule has 4 nitrogen and oxygen atoms in total. The highest BCUT2D eigenvalue weighted by Crippen LogP contribution is 2.18. The second-order valence-electron chi connectivity index (χ2n) is 5.13. The molecule has 1 saturated heterocycles. The number of sulfone groups is 1. The average molecular weight is 293 g/mol. The zero-order valence-electron chi connectivity index (χ0n) is 11.5. The minimum absolute atomic E-state index is 0.119. The summed E-state index contributed by atoms with van der Waals surface area (Å²) in [6, 6.07) is 7.92. The van der Waals surface area contributed by atoms with Crippen LogP contribution < -0.4 is 0 Å². The van der Waals surface area contributed by atoms with Crippen LogP contribution in [0.15, 0.2) is 24.3 Å². The van der Waals surface area contributed by atoms with Gasteiger partial charge in [0.25, 0.3) is 0 Å². The van der Waals surface area contributed by atoms with Gasteiger partial charge < -0.3 is 5.11 Å². The van der Waals surface area contributed by atoms with Crippen LogP contribution in [0.1, 0.15) is 17.5 Å². The van der Waals surface area contributed by atoms with Crippen molar-refractivity contribution < 1.29 is 13.5 Å². The van der Waals surface area contributed by atoms with Crippen LogP contribution in [-0.4, -0.2) is 49.6 Å². The molecular formula is C15H19NO3S. The molecule has 1 aliphatic heterocycles. The molecule has 1 unspecified atom stereocenters. The molecule has 0 bridgehead atoms. The van der Waals surface area contributed by atoms with E-state index in [1.807, 2.05) is 31.3 Å². The van der Waals surface area contributed by atoms with Gasteiger partial charge >= 0.3 is 0 Å². The Hall–Kier alpha value is -1.35. The van der Waals surface area contributed by atoms with E-state index in [0.717, 1.165) is 24.1 Å². The van der Waals surface area contributed by atoms with Crippen LogP contribution in [0.2, 0.25) is 0 Å². The standard InChI is InChI=1S/C15H19NO3S/c1-16(15-8-10-20(18,19)12-15)11-14-6-4-13(5-7-14)3-2-9-17/h4-7,15,17H,8-12H2,1H3. The van der Waals surface area contributed by atoms with Crippen molar-refractivity contribution in [2.45, 2.75) is 19.0 Å². The number of rotatable bonds is 3. The molecule has 2 rings (SSSR count). The predicted octanol–water partition coefficient (Wildman–Crippen LogP) is 0.649. The summed E-state index contributed by atoms with van der Waals surface area (Å²) in [6.45, 7) is 0.592. The number of aliphatic hydroxyl groups excluding tert-OH is 1. The molecule has 20 heavy (non-hydrogen) atoms. The molecule has 1 aromatic rings. The number of aliphatic hydroxyl groups is 1. The van der Waals surface area contributed by atoms with E-state index in [1.165, 1.54) is 0 Å². The molecule has 1 aliphatic rings. The average Bonchev–Trinajstić information content (AvgIpc) is 2.78. The highest BCUT2D eigenvalue weighted by molar-refractivity contribution is 7.91. The zero-order chi connectivity index (χ0) is 14.6. The molecular weight excluding hydrogens is 274 g/mol. The van der Waals surface area contributed by atoms with E-state index in [4.69, 9.17) is 5.11 Å². The van der Waals surface area contributed by atoms with E-state index in [2.05, 4.69) is 16.7 Å². The summed E-state index contributed by atoms with van der Waals surface area (Å²) >= 11 is 0. The molecule has 0 saturated carbocycles. The van der Waals surface area contributed by atoms with Gasteiger partial charge in [0.05, 0.1) is 11.5 Å². The van der Waals surface area contributed by atoms with E-state index in [1.54, 1.807) is 0 Å². The molecule has 1 fully saturated rings. The van der Waals surface area contributed by atoms with Crippen LogP contribution >= 0.6 is 0 Å². The zero-order valence-corrected chi connectivity index (χ0v) is 12.4. The lowest BCUT2D eigenvalue weighted by molar-refractivity contribution is 0.254. The maximum atomic E-state index is 11.5. The van der Waals surface area contributed by atoms with E-state index in [0.29, 0.717) is 5.75 Å². The fraction of sp³-hybridized carbons (Fsp3) is 0.467. The summed E-state index contributed by atoms with van der Waals surface area (Å²) in [5.41, 5.74) is 2.00. The fourth-order valence-corrected chi connectivity index (χ4v) is 4.18. The molecule has 0 aromatic heterocycles. The van der Waals surface area contributed by atoms with Crippen molar-refractivity contribution in [1.82, 2.24) is 4.90 Å². The van der Waals surface area contributed by atoms with Gasteiger partial charge in [-0.25, -0.2) is 8.42 Å². The van der Waals surface area contributed by atoms with Gasteiger partial charge in [0, 0.05) is 18.2 Å². The van der Waals surface area contributed by atoms with Crippen molar-refractivity contribution in [2.24, 2.45) is 0 Å². The molecule has 0 amide bonds. The van der Waals surface area contributed by atoms with Gasteiger partial charge in [0.15, 0.2) is 9.84 Å². The second-order valence-corrected chi connectivity index (χ2v) is 7.36. The first kappa shape index (κ1) is 15.0. The Morgan fingerprint density at radius 3 is 2.60 bits per heavy atom. The molecule has 1 N–H and O–H groups in total. The summed E-state index contributed by atoms with van der Waals surface area (Å²) in [5, 5.41) is 8.64. The second kappa shape index (κ2) is 6.40. The fourth-order valence-electron chi connectivity index (χ4n) is 2.38. The lowest BCUT2D eigenvalue weighted by atomic mass is 10.1. The summed E-state index contributed by atoms with van der Waals surface area (Å²) in [4.78, 5) is 2.10. The Labute approximate surface area is 120 Å². The minimum atomic E-state index is -2.83. The van der Waals surface area contributed by atoms with Crippen LogP contribution in [-0.2, 0) is 16.4 Å². The summed E-state index contributed by atoms with van der Waals surface area (Å²) in [6.07, 6.45) is 0.721. The van der Waals surface area contributed by atoms with E-state index in [9.17, 15) is 8.42 Å². The van der Waals surface area contributed by atoms with Gasteiger partial charge in [-0.1, -0.05) is 24.0 Å². The Bertz CT molecular complexity index is 611. The number of hydrogen-bond acceptors (Lipinski definition) is 4. The Balaban J connectivity index is 1.96. The van der Waals surface area contributed by atoms with E-state index in [-0.39, 0.29) is 18.4 Å². The molecule has 1 heterocycles. The first-order valence-electron chi connectivity index (χ1n) is 6.59. The molecule has 0 aliphatic carbocycles. The van der Waals surface area contributed by atoms with Gasteiger partial charge in [-0.05, 0) is 31.2 Å². The topological polar surface area (TPSA) is 57.6 Å². The van der Waals surface area contributed by atoms with Crippen molar-refractivity contribution in [3.05, 3.63) is 35.4 Å². The highest BCUT2D eigenvalue weighted by atomic mass is 32.2. The third-order valence-corrected chi connectivity index (χ3v) is 5.28. The van der Waals surface area contributed by atoms with Gasteiger partial charge in [-0.2, -0.15) is 0 Å². The smallest absolute Gasteiger partial charge is 0.151 e. The third kappa shape index (κ3) is 4.07. The molecule has 0 radical (unpaired) electrons. The SMILES string of the molecule is CN(Cc1ccc(C#CCO)cc1)C1CCS(=O)(=O)C1. The molecule has 5 heteroatoms. The van der Waals surface area contributed by atoms with Crippen molar-refractivity contribution in [1.29, 1.82) is 0 Å². The minimum Gasteiger partial charge on any atom is -0.384 e. The van der Waals surface area contributed by atoms with Gasteiger partial charge in [0.2, 0.25) is 0 Å². The van der Waals surface area contributed by atoms with E-state index < -0.39 is 9.84 Å². The Morgan fingerprint density at radius 2 is 2.05 bits per heavy atom. The predicted molar refractivity (Wildman–Crippen MR) is 78.9 cm³/mol. The molecule has 1 aromatic carbocycles. The Kier molecular flexibility index (Phi) is 4.81. The van der Waals surface area contributed by atoms with Crippen LogP contribution in [0.25, 0.3) is 0 Å². The quantitative estimate of drug-likeness (QED) is 0.831. The van der Waals surface area contributed by atoms with Crippen LogP contribution in [0.5, 0.6) is 0 Å². The summed E-state index contributed by atoms with van der Waals surface area (Å²) < 4.78 is 23.0. The maximum absolute atomic E-state index is 11.5. The summed E-state index contributed by atoms with van der Waals surface area (Å²) in [5.74, 6) is 6.03. The highest BCUT2D eigenvalue weighted by Gasteiger charge is 2.30. The van der Waals surface area contributed by atoms with Gasteiger partial charge in [-0.3, -0.25) is 4.90 Å². The molecule has 1 atom stereocenters. The van der Waals surface area contributed by atoms with E-state index >= 15 is 0 Å². The lowest BCUT2D eigenvalue weighted by Gasteiger charge is -2.23. The third-order valence-electron chi connectivity index (χ3n) is 3.53. The van der Waals surface area contributed by atoms with Crippen LogP contribution in [0, 0.1) is 11.8 Å². The first-order chi connectivity index (χ1) is 9.50.